The molecular formula is C17H26ClN3O3. The van der Waals surface area contributed by atoms with Gasteiger partial charge in [0.2, 0.25) is 11.8 Å². The van der Waals surface area contributed by atoms with Gasteiger partial charge in [0.25, 0.3) is 0 Å². The Balaban J connectivity index is 0.00000288. The average Bonchev–Trinajstić information content (AvgIpc) is 2.56. The second-order valence-electron chi connectivity index (χ2n) is 5.89. The van der Waals surface area contributed by atoms with Crippen LogP contribution in [0.3, 0.4) is 0 Å². The average molecular weight is 356 g/mol. The molecule has 134 valence electrons. The summed E-state index contributed by atoms with van der Waals surface area (Å²) in [4.78, 5) is 25.7. The molecule has 1 atom stereocenters. The largest absolute Gasteiger partial charge is 0.375 e. The molecule has 1 fully saturated rings. The number of halogens is 1. The maximum absolute atomic E-state index is 12.2. The van der Waals surface area contributed by atoms with Gasteiger partial charge in [0.15, 0.2) is 0 Å². The molecule has 0 radical (unpaired) electrons. The van der Waals surface area contributed by atoms with Gasteiger partial charge in [0.05, 0.1) is 6.04 Å². The number of hydrogen-bond acceptors (Lipinski definition) is 4. The van der Waals surface area contributed by atoms with Gasteiger partial charge in [0, 0.05) is 26.2 Å². The van der Waals surface area contributed by atoms with Gasteiger partial charge in [-0.15, -0.1) is 12.4 Å². The van der Waals surface area contributed by atoms with Gasteiger partial charge in [-0.3, -0.25) is 9.59 Å². The second-order valence-corrected chi connectivity index (χ2v) is 5.89. The first-order valence-electron chi connectivity index (χ1n) is 7.96. The Morgan fingerprint density at radius 1 is 1.29 bits per heavy atom. The number of amides is 2. The number of nitrogens with one attached hydrogen (secondary N) is 1. The number of carbonyl (C=O) groups is 2. The van der Waals surface area contributed by atoms with Crippen LogP contribution in [-0.4, -0.2) is 55.6 Å². The number of nitrogens with two attached hydrogens (primary N) is 1. The molecule has 7 heteroatoms. The van der Waals surface area contributed by atoms with Crippen LogP contribution in [0.4, 0.5) is 0 Å². The zero-order valence-electron chi connectivity index (χ0n) is 13.9. The van der Waals surface area contributed by atoms with Crippen molar-refractivity contribution in [3.05, 3.63) is 35.9 Å². The van der Waals surface area contributed by atoms with Crippen LogP contribution < -0.4 is 11.1 Å². The van der Waals surface area contributed by atoms with Crippen molar-refractivity contribution < 1.29 is 14.3 Å². The molecule has 6 nitrogen and oxygen atoms in total. The highest BCUT2D eigenvalue weighted by atomic mass is 35.5. The summed E-state index contributed by atoms with van der Waals surface area (Å²) in [6, 6.07) is 9.27. The third kappa shape index (κ3) is 6.11. The van der Waals surface area contributed by atoms with Gasteiger partial charge in [0.1, 0.15) is 6.61 Å². The number of methoxy groups -OCH3 is 1. The summed E-state index contributed by atoms with van der Waals surface area (Å²) in [5.74, 6) is -0.131. The lowest BCUT2D eigenvalue weighted by Crippen LogP contribution is -2.51. The third-order valence-corrected chi connectivity index (χ3v) is 4.10. The quantitative estimate of drug-likeness (QED) is 0.788. The molecule has 0 bridgehead atoms. The van der Waals surface area contributed by atoms with Crippen molar-refractivity contribution in [1.29, 1.82) is 0 Å². The monoisotopic (exact) mass is 355 g/mol. The molecule has 0 spiro atoms. The van der Waals surface area contributed by atoms with Crippen LogP contribution in [0.1, 0.15) is 18.4 Å². The zero-order valence-corrected chi connectivity index (χ0v) is 14.8. The van der Waals surface area contributed by atoms with E-state index >= 15 is 0 Å². The molecule has 0 aliphatic carbocycles. The molecule has 24 heavy (non-hydrogen) atoms. The van der Waals surface area contributed by atoms with E-state index in [9.17, 15) is 9.59 Å². The lowest BCUT2D eigenvalue weighted by atomic mass is 10.0. The van der Waals surface area contributed by atoms with Crippen molar-refractivity contribution in [2.24, 2.45) is 5.73 Å². The van der Waals surface area contributed by atoms with E-state index in [2.05, 4.69) is 5.32 Å². The van der Waals surface area contributed by atoms with Gasteiger partial charge >= 0.3 is 0 Å². The van der Waals surface area contributed by atoms with E-state index < -0.39 is 6.04 Å². The van der Waals surface area contributed by atoms with Crippen molar-refractivity contribution in [1.82, 2.24) is 10.2 Å². The summed E-state index contributed by atoms with van der Waals surface area (Å²) in [6.07, 6.45) is 2.02. The molecule has 1 heterocycles. The van der Waals surface area contributed by atoms with Crippen LogP contribution in [0.25, 0.3) is 0 Å². The van der Waals surface area contributed by atoms with Crippen LogP contribution >= 0.6 is 12.4 Å². The topological polar surface area (TPSA) is 84.7 Å². The maximum Gasteiger partial charge on any atom is 0.248 e. The fourth-order valence-corrected chi connectivity index (χ4v) is 2.76. The molecule has 2 amide bonds. The van der Waals surface area contributed by atoms with E-state index in [4.69, 9.17) is 10.5 Å². The van der Waals surface area contributed by atoms with Crippen LogP contribution in [0.5, 0.6) is 0 Å². The Morgan fingerprint density at radius 3 is 2.50 bits per heavy atom. The van der Waals surface area contributed by atoms with Gasteiger partial charge < -0.3 is 20.7 Å². The van der Waals surface area contributed by atoms with E-state index in [-0.39, 0.29) is 36.9 Å². The van der Waals surface area contributed by atoms with Crippen LogP contribution in [-0.2, 0) is 20.7 Å². The van der Waals surface area contributed by atoms with E-state index in [1.165, 1.54) is 7.11 Å². The first kappa shape index (κ1) is 20.4. The lowest BCUT2D eigenvalue weighted by Gasteiger charge is -2.32. The van der Waals surface area contributed by atoms with Gasteiger partial charge in [-0.1, -0.05) is 30.3 Å². The van der Waals surface area contributed by atoms with Crippen LogP contribution in [0, 0.1) is 0 Å². The van der Waals surface area contributed by atoms with Crippen molar-refractivity contribution in [2.75, 3.05) is 26.8 Å². The van der Waals surface area contributed by atoms with E-state index in [0.717, 1.165) is 18.4 Å². The summed E-state index contributed by atoms with van der Waals surface area (Å²) in [5, 5.41) is 3.00. The minimum atomic E-state index is -0.550. The highest BCUT2D eigenvalue weighted by Gasteiger charge is 2.25. The molecule has 1 saturated heterocycles. The minimum Gasteiger partial charge on any atom is -0.375 e. The van der Waals surface area contributed by atoms with E-state index in [0.29, 0.717) is 19.5 Å². The fourth-order valence-electron chi connectivity index (χ4n) is 2.76. The normalized spacial score (nSPS) is 16.2. The summed E-state index contributed by atoms with van der Waals surface area (Å²) >= 11 is 0. The van der Waals surface area contributed by atoms with Gasteiger partial charge in [-0.05, 0) is 24.8 Å². The fraction of sp³-hybridized carbons (Fsp3) is 0.529. The number of rotatable bonds is 6. The van der Waals surface area contributed by atoms with Crippen molar-refractivity contribution in [3.8, 4) is 0 Å². The summed E-state index contributed by atoms with van der Waals surface area (Å²) in [6.45, 7) is 1.39. The number of likely N-dealkylation sites (tertiary alicyclic amines) is 1. The highest BCUT2D eigenvalue weighted by molar-refractivity contribution is 5.85. The first-order valence-corrected chi connectivity index (χ1v) is 7.96. The van der Waals surface area contributed by atoms with Gasteiger partial charge in [-0.25, -0.2) is 0 Å². The summed E-state index contributed by atoms with van der Waals surface area (Å²) in [5.41, 5.74) is 7.04. The Kier molecular flexibility index (Phi) is 8.74. The van der Waals surface area contributed by atoms with Crippen LogP contribution in [0.2, 0.25) is 0 Å². The Bertz CT molecular complexity index is 519. The molecule has 1 aromatic carbocycles. The number of carbonyl (C=O) groups excluding carboxylic acids is 2. The number of hydrogen-bond donors (Lipinski definition) is 2. The van der Waals surface area contributed by atoms with Gasteiger partial charge in [-0.2, -0.15) is 0 Å². The Labute approximate surface area is 149 Å². The number of ether oxygens (including phenoxy) is 1. The standard InChI is InChI=1S/C17H25N3O3.ClH/c1-23-12-16(21)20-9-7-14(8-10-20)19-17(22)15(18)11-13-5-3-2-4-6-13;/h2-6,14-15H,7-12,18H2,1H3,(H,19,22);1H/t15-;/m0./s1. The number of nitrogens with zero attached hydrogens (tertiary/aromatic N) is 1. The summed E-state index contributed by atoms with van der Waals surface area (Å²) in [7, 11) is 1.51. The molecule has 2 rings (SSSR count). The van der Waals surface area contributed by atoms with Crippen LogP contribution in [0.15, 0.2) is 30.3 Å². The Hall–Kier alpha value is -1.63. The molecule has 0 aromatic heterocycles. The molecular weight excluding hydrogens is 330 g/mol. The van der Waals surface area contributed by atoms with E-state index in [1.54, 1.807) is 4.90 Å². The second kappa shape index (κ2) is 10.3. The SMILES string of the molecule is COCC(=O)N1CCC(NC(=O)[C@@H](N)Cc2ccccc2)CC1.Cl. The third-order valence-electron chi connectivity index (χ3n) is 4.10. The number of piperidine rings is 1. The predicted octanol–water partition coefficient (Wildman–Crippen LogP) is 0.732. The zero-order chi connectivity index (χ0) is 16.7. The molecule has 1 aliphatic heterocycles. The molecule has 0 unspecified atom stereocenters. The van der Waals surface area contributed by atoms with Crippen molar-refractivity contribution in [2.45, 2.75) is 31.3 Å². The predicted molar refractivity (Wildman–Crippen MR) is 95.0 cm³/mol. The maximum atomic E-state index is 12.2. The lowest BCUT2D eigenvalue weighted by molar-refractivity contribution is -0.136. The molecule has 3 N–H and O–H groups in total. The summed E-state index contributed by atoms with van der Waals surface area (Å²) < 4.78 is 4.86. The van der Waals surface area contributed by atoms with Crippen molar-refractivity contribution in [3.63, 3.8) is 0 Å². The van der Waals surface area contributed by atoms with Crippen molar-refractivity contribution >= 4 is 24.2 Å². The van der Waals surface area contributed by atoms with E-state index in [1.807, 2.05) is 30.3 Å². The molecule has 1 aromatic rings. The number of benzene rings is 1. The smallest absolute Gasteiger partial charge is 0.248 e. The highest BCUT2D eigenvalue weighted by Crippen LogP contribution is 2.11. The first-order chi connectivity index (χ1) is 11.1. The molecule has 0 saturated carbocycles. The molecule has 1 aliphatic rings. The minimum absolute atomic E-state index is 0. The Morgan fingerprint density at radius 2 is 1.92 bits per heavy atom.